The fourth-order valence-electron chi connectivity index (χ4n) is 0.831. The summed E-state index contributed by atoms with van der Waals surface area (Å²) in [4.78, 5) is 3.51. The summed E-state index contributed by atoms with van der Waals surface area (Å²) >= 11 is 0. The normalized spacial score (nSPS) is 11.6. The molecule has 0 heterocycles. The summed E-state index contributed by atoms with van der Waals surface area (Å²) in [6, 6.07) is 1.58. The van der Waals surface area contributed by atoms with Crippen LogP contribution in [0.2, 0.25) is 0 Å². The predicted octanol–water partition coefficient (Wildman–Crippen LogP) is 1.46. The maximum absolute atomic E-state index is 12.7. The predicted molar refractivity (Wildman–Crippen MR) is 47.5 cm³/mol. The molecule has 3 N–H and O–H groups in total. The van der Waals surface area contributed by atoms with Gasteiger partial charge in [-0.25, -0.2) is 13.2 Å². The summed E-state index contributed by atoms with van der Waals surface area (Å²) < 4.78 is 37.8. The van der Waals surface area contributed by atoms with E-state index >= 15 is 0 Å². The van der Waals surface area contributed by atoms with Crippen LogP contribution in [0.15, 0.2) is 17.1 Å². The summed E-state index contributed by atoms with van der Waals surface area (Å²) in [5, 5.41) is 2.38. The van der Waals surface area contributed by atoms with Crippen molar-refractivity contribution in [3.8, 4) is 0 Å². The van der Waals surface area contributed by atoms with Gasteiger partial charge in [0.05, 0.1) is 0 Å². The molecule has 1 rings (SSSR count). The molecule has 0 fully saturated rings. The Bertz CT molecular complexity index is 353. The van der Waals surface area contributed by atoms with Crippen molar-refractivity contribution in [3.63, 3.8) is 0 Å². The Balaban J connectivity index is 3.01. The molecule has 0 aliphatic heterocycles. The molecule has 6 heteroatoms. The van der Waals surface area contributed by atoms with Gasteiger partial charge in [-0.15, -0.1) is 0 Å². The van der Waals surface area contributed by atoms with Gasteiger partial charge in [0.25, 0.3) is 0 Å². The van der Waals surface area contributed by atoms with Crippen molar-refractivity contribution in [3.05, 3.63) is 29.6 Å². The van der Waals surface area contributed by atoms with Gasteiger partial charge in [-0.3, -0.25) is 4.99 Å². The Morgan fingerprint density at radius 3 is 2.21 bits per heavy atom. The lowest BCUT2D eigenvalue weighted by Crippen LogP contribution is -2.22. The van der Waals surface area contributed by atoms with E-state index in [1.165, 1.54) is 7.05 Å². The minimum Gasteiger partial charge on any atom is -0.370 e. The van der Waals surface area contributed by atoms with E-state index in [1.54, 1.807) is 0 Å². The molecule has 0 unspecified atom stereocenters. The Morgan fingerprint density at radius 1 is 1.29 bits per heavy atom. The van der Waals surface area contributed by atoms with Crippen molar-refractivity contribution in [2.75, 3.05) is 12.4 Å². The fourth-order valence-corrected chi connectivity index (χ4v) is 0.831. The molecule has 1 aromatic carbocycles. The molecule has 0 amide bonds. The van der Waals surface area contributed by atoms with E-state index in [0.29, 0.717) is 0 Å². The van der Waals surface area contributed by atoms with Crippen LogP contribution in [-0.2, 0) is 0 Å². The van der Waals surface area contributed by atoms with Gasteiger partial charge in [-0.05, 0) is 0 Å². The first kappa shape index (κ1) is 10.4. The number of benzene rings is 1. The van der Waals surface area contributed by atoms with Crippen molar-refractivity contribution in [1.29, 1.82) is 0 Å². The monoisotopic (exact) mass is 203 g/mol. The number of anilines is 1. The highest BCUT2D eigenvalue weighted by Crippen LogP contribution is 2.16. The second kappa shape index (κ2) is 3.99. The van der Waals surface area contributed by atoms with Gasteiger partial charge in [0, 0.05) is 24.9 Å². The van der Waals surface area contributed by atoms with Gasteiger partial charge in [0.1, 0.15) is 0 Å². The van der Waals surface area contributed by atoms with E-state index in [9.17, 15) is 13.2 Å². The second-order valence-electron chi connectivity index (χ2n) is 2.49. The summed E-state index contributed by atoms with van der Waals surface area (Å²) in [6.45, 7) is 0. The van der Waals surface area contributed by atoms with Gasteiger partial charge in [0.2, 0.25) is 0 Å². The van der Waals surface area contributed by atoms with E-state index < -0.39 is 17.5 Å². The van der Waals surface area contributed by atoms with Crippen molar-refractivity contribution in [2.45, 2.75) is 0 Å². The average molecular weight is 203 g/mol. The zero-order valence-corrected chi connectivity index (χ0v) is 7.31. The standard InChI is InChI=1S/C8H8F3N3/c1-13-8(12)14-4-2-5(9)7(11)6(10)3-4/h2-3H,1H3,(H3,12,13,14). The molecule has 76 valence electrons. The first-order valence-corrected chi connectivity index (χ1v) is 3.68. The van der Waals surface area contributed by atoms with Crippen molar-refractivity contribution >= 4 is 11.6 Å². The number of halogens is 3. The van der Waals surface area contributed by atoms with Crippen LogP contribution < -0.4 is 11.1 Å². The average Bonchev–Trinajstić information content (AvgIpc) is 2.14. The molecule has 3 nitrogen and oxygen atoms in total. The number of guanidine groups is 1. The third-order valence-electron chi connectivity index (χ3n) is 1.50. The molecular weight excluding hydrogens is 195 g/mol. The molecule has 0 atom stereocenters. The molecule has 0 spiro atoms. The zero-order chi connectivity index (χ0) is 10.7. The lowest BCUT2D eigenvalue weighted by Gasteiger charge is -2.05. The molecule has 0 radical (unpaired) electrons. The third kappa shape index (κ3) is 2.15. The van der Waals surface area contributed by atoms with E-state index in [4.69, 9.17) is 5.73 Å². The highest BCUT2D eigenvalue weighted by molar-refractivity contribution is 5.92. The zero-order valence-electron chi connectivity index (χ0n) is 7.31. The number of nitrogens with zero attached hydrogens (tertiary/aromatic N) is 1. The van der Waals surface area contributed by atoms with Crippen molar-refractivity contribution in [2.24, 2.45) is 10.7 Å². The first-order valence-electron chi connectivity index (χ1n) is 3.68. The largest absolute Gasteiger partial charge is 0.370 e. The highest BCUT2D eigenvalue weighted by atomic mass is 19.2. The second-order valence-corrected chi connectivity index (χ2v) is 2.49. The number of nitrogens with one attached hydrogen (secondary N) is 1. The molecule has 0 aromatic heterocycles. The molecule has 0 aliphatic carbocycles. The lowest BCUT2D eigenvalue weighted by molar-refractivity contribution is 0.448. The van der Waals surface area contributed by atoms with Gasteiger partial charge in [-0.1, -0.05) is 0 Å². The minimum atomic E-state index is -1.51. The molecule has 0 aliphatic rings. The SMILES string of the molecule is CN=C(N)Nc1cc(F)c(F)c(F)c1. The van der Waals surface area contributed by atoms with Crippen LogP contribution in [0.1, 0.15) is 0 Å². The Hall–Kier alpha value is -1.72. The van der Waals surface area contributed by atoms with E-state index in [0.717, 1.165) is 12.1 Å². The molecule has 0 saturated heterocycles. The Labute approximate surface area is 78.4 Å². The van der Waals surface area contributed by atoms with E-state index in [1.807, 2.05) is 0 Å². The molecule has 0 saturated carbocycles. The van der Waals surface area contributed by atoms with E-state index in [2.05, 4.69) is 10.3 Å². The minimum absolute atomic E-state index is 0.00417. The van der Waals surface area contributed by atoms with Crippen LogP contribution in [0.4, 0.5) is 18.9 Å². The lowest BCUT2D eigenvalue weighted by atomic mass is 10.3. The summed E-state index contributed by atoms with van der Waals surface area (Å²) in [5.74, 6) is -4.09. The number of aliphatic imine (C=N–C) groups is 1. The number of rotatable bonds is 1. The van der Waals surface area contributed by atoms with Crippen LogP contribution in [0, 0.1) is 17.5 Å². The molecule has 1 aromatic rings. The molecule has 14 heavy (non-hydrogen) atoms. The van der Waals surface area contributed by atoms with Gasteiger partial charge >= 0.3 is 0 Å². The number of nitrogens with two attached hydrogens (primary N) is 1. The Kier molecular flexibility index (Phi) is 2.95. The Morgan fingerprint density at radius 2 is 1.79 bits per heavy atom. The quantitative estimate of drug-likeness (QED) is 0.412. The molecule has 0 bridgehead atoms. The fraction of sp³-hybridized carbons (Fsp3) is 0.125. The van der Waals surface area contributed by atoms with Crippen LogP contribution >= 0.6 is 0 Å². The van der Waals surface area contributed by atoms with Crippen LogP contribution in [0.3, 0.4) is 0 Å². The topological polar surface area (TPSA) is 50.4 Å². The van der Waals surface area contributed by atoms with Crippen LogP contribution in [-0.4, -0.2) is 13.0 Å². The first-order chi connectivity index (χ1) is 6.54. The van der Waals surface area contributed by atoms with E-state index in [-0.39, 0.29) is 11.6 Å². The van der Waals surface area contributed by atoms with Crippen molar-refractivity contribution < 1.29 is 13.2 Å². The maximum atomic E-state index is 12.7. The van der Waals surface area contributed by atoms with Crippen molar-refractivity contribution in [1.82, 2.24) is 0 Å². The van der Waals surface area contributed by atoms with Gasteiger partial charge in [0.15, 0.2) is 23.4 Å². The highest BCUT2D eigenvalue weighted by Gasteiger charge is 2.10. The molecular formula is C8H8F3N3. The smallest absolute Gasteiger partial charge is 0.194 e. The summed E-state index contributed by atoms with van der Waals surface area (Å²) in [7, 11) is 1.40. The van der Waals surface area contributed by atoms with Gasteiger partial charge in [-0.2, -0.15) is 0 Å². The van der Waals surface area contributed by atoms with Crippen LogP contribution in [0.5, 0.6) is 0 Å². The summed E-state index contributed by atoms with van der Waals surface area (Å²) in [5.41, 5.74) is 5.25. The van der Waals surface area contributed by atoms with Gasteiger partial charge < -0.3 is 11.1 Å². The maximum Gasteiger partial charge on any atom is 0.194 e. The third-order valence-corrected chi connectivity index (χ3v) is 1.50. The number of hydrogen-bond donors (Lipinski definition) is 2. The number of hydrogen-bond acceptors (Lipinski definition) is 1. The summed E-state index contributed by atoms with van der Waals surface area (Å²) in [6.07, 6.45) is 0. The van der Waals surface area contributed by atoms with Crippen LogP contribution in [0.25, 0.3) is 0 Å².